The number of benzene rings is 3. The number of aryl methyl sites for hydroxylation is 2. The van der Waals surface area contributed by atoms with Gasteiger partial charge in [0.1, 0.15) is 12.4 Å². The number of carbonyl (C=O) groups excluding carboxylic acids is 1. The summed E-state index contributed by atoms with van der Waals surface area (Å²) in [4.78, 5) is 13.0. The predicted molar refractivity (Wildman–Crippen MR) is 148 cm³/mol. The van der Waals surface area contributed by atoms with Crippen molar-refractivity contribution in [3.05, 3.63) is 113 Å². The molecular formula is C29H29FN4O3S. The predicted octanol–water partition coefficient (Wildman–Crippen LogP) is 5.14. The van der Waals surface area contributed by atoms with Gasteiger partial charge in [0, 0.05) is 22.6 Å². The Kier molecular flexibility index (Phi) is 8.07. The molecular weight excluding hydrogens is 503 g/mol. The van der Waals surface area contributed by atoms with E-state index >= 15 is 0 Å². The van der Waals surface area contributed by atoms with Gasteiger partial charge >= 0.3 is 0 Å². The van der Waals surface area contributed by atoms with Gasteiger partial charge < -0.3 is 4.57 Å². The number of carbonyl (C=O) groups is 1. The summed E-state index contributed by atoms with van der Waals surface area (Å²) >= 11 is 0. The number of para-hydroxylation sites is 1. The van der Waals surface area contributed by atoms with Gasteiger partial charge in [0.25, 0.3) is 15.9 Å². The number of hydrogen-bond donors (Lipinski definition) is 1. The zero-order valence-corrected chi connectivity index (χ0v) is 22.2. The number of sulfonamides is 1. The molecule has 4 rings (SSSR count). The van der Waals surface area contributed by atoms with E-state index in [9.17, 15) is 17.6 Å². The Morgan fingerprint density at radius 1 is 1.00 bits per heavy atom. The molecule has 0 bridgehead atoms. The van der Waals surface area contributed by atoms with Crippen LogP contribution in [0.5, 0.6) is 0 Å². The summed E-state index contributed by atoms with van der Waals surface area (Å²) in [5.41, 5.74) is 7.05. The molecule has 1 aromatic heterocycles. The van der Waals surface area contributed by atoms with Crippen LogP contribution in [0, 0.1) is 19.7 Å². The van der Waals surface area contributed by atoms with Crippen LogP contribution in [-0.2, 0) is 21.2 Å². The number of nitrogens with one attached hydrogen (secondary N) is 1. The fourth-order valence-corrected chi connectivity index (χ4v) is 5.80. The van der Waals surface area contributed by atoms with Crippen molar-refractivity contribution in [3.8, 4) is 5.69 Å². The Morgan fingerprint density at radius 3 is 2.34 bits per heavy atom. The number of halogens is 1. The van der Waals surface area contributed by atoms with Crippen LogP contribution >= 0.6 is 0 Å². The van der Waals surface area contributed by atoms with E-state index < -0.39 is 22.5 Å². The number of anilines is 1. The first-order valence-corrected chi connectivity index (χ1v) is 13.6. The molecule has 0 aliphatic rings. The van der Waals surface area contributed by atoms with Gasteiger partial charge in [-0.2, -0.15) is 5.10 Å². The van der Waals surface area contributed by atoms with Crippen molar-refractivity contribution in [3.63, 3.8) is 0 Å². The van der Waals surface area contributed by atoms with Gasteiger partial charge in [-0.05, 0) is 74.4 Å². The van der Waals surface area contributed by atoms with Gasteiger partial charge in [0.2, 0.25) is 0 Å². The molecule has 9 heteroatoms. The second kappa shape index (κ2) is 11.4. The maximum Gasteiger partial charge on any atom is 0.264 e. The third-order valence-corrected chi connectivity index (χ3v) is 7.98. The van der Waals surface area contributed by atoms with Crippen LogP contribution in [0.25, 0.3) is 5.69 Å². The van der Waals surface area contributed by atoms with Gasteiger partial charge in [-0.1, -0.05) is 43.3 Å². The highest BCUT2D eigenvalue weighted by Gasteiger charge is 2.28. The molecule has 0 atom stereocenters. The summed E-state index contributed by atoms with van der Waals surface area (Å²) < 4.78 is 43.5. The molecule has 3 aromatic carbocycles. The molecule has 0 aliphatic carbocycles. The Bertz CT molecular complexity index is 1560. The average Bonchev–Trinajstić information content (AvgIpc) is 3.20. The Balaban J connectivity index is 1.57. The van der Waals surface area contributed by atoms with Crippen LogP contribution in [0.3, 0.4) is 0 Å². The number of hydrogen-bond acceptors (Lipinski definition) is 4. The lowest BCUT2D eigenvalue weighted by Gasteiger charge is -2.25. The number of aromatic nitrogens is 1. The molecule has 0 aliphatic heterocycles. The Hall–Kier alpha value is -4.24. The van der Waals surface area contributed by atoms with Gasteiger partial charge in [0.15, 0.2) is 0 Å². The largest absolute Gasteiger partial charge is 0.318 e. The van der Waals surface area contributed by atoms with Gasteiger partial charge in [0.05, 0.1) is 16.8 Å². The van der Waals surface area contributed by atoms with Gasteiger partial charge in [-0.15, -0.1) is 0 Å². The minimum absolute atomic E-state index is 0.0930. The van der Waals surface area contributed by atoms with E-state index in [0.29, 0.717) is 12.1 Å². The van der Waals surface area contributed by atoms with Crippen LogP contribution in [0.4, 0.5) is 10.1 Å². The number of hydrazone groups is 1. The van der Waals surface area contributed by atoms with E-state index in [2.05, 4.69) is 10.5 Å². The lowest BCUT2D eigenvalue weighted by molar-refractivity contribution is -0.119. The minimum Gasteiger partial charge on any atom is -0.318 e. The molecule has 4 aromatic rings. The van der Waals surface area contributed by atoms with E-state index in [0.717, 1.165) is 32.5 Å². The van der Waals surface area contributed by atoms with Crippen molar-refractivity contribution in [1.82, 2.24) is 9.99 Å². The standard InChI is InChI=1S/C29H29FN4O3S/c1-4-23-10-8-9-13-28(23)33(38(36,37)27-11-6-5-7-12-27)20-29(35)32-31-19-24-18-21(2)34(22(24)3)26-16-14-25(30)15-17-26/h5-19H,4,20H2,1-3H3,(H,32,35)/b31-19-. The van der Waals surface area contributed by atoms with E-state index in [1.807, 2.05) is 43.5 Å². The molecule has 0 saturated carbocycles. The van der Waals surface area contributed by atoms with Crippen molar-refractivity contribution >= 4 is 27.8 Å². The highest BCUT2D eigenvalue weighted by atomic mass is 32.2. The maximum atomic E-state index is 13.6. The van der Waals surface area contributed by atoms with Crippen LogP contribution in [0.2, 0.25) is 0 Å². The second-order valence-electron chi connectivity index (χ2n) is 8.74. The van der Waals surface area contributed by atoms with Crippen molar-refractivity contribution in [2.24, 2.45) is 5.10 Å². The maximum absolute atomic E-state index is 13.6. The van der Waals surface area contributed by atoms with E-state index in [4.69, 9.17) is 0 Å². The molecule has 196 valence electrons. The fourth-order valence-electron chi connectivity index (χ4n) is 4.32. The minimum atomic E-state index is -4.01. The van der Waals surface area contributed by atoms with Crippen molar-refractivity contribution in [2.75, 3.05) is 10.8 Å². The molecule has 0 fully saturated rings. The second-order valence-corrected chi connectivity index (χ2v) is 10.6. The summed E-state index contributed by atoms with van der Waals surface area (Å²) in [7, 11) is -4.01. The summed E-state index contributed by atoms with van der Waals surface area (Å²) in [5.74, 6) is -0.899. The van der Waals surface area contributed by atoms with Gasteiger partial charge in [-0.25, -0.2) is 18.2 Å². The number of amides is 1. The van der Waals surface area contributed by atoms with Crippen molar-refractivity contribution in [2.45, 2.75) is 32.1 Å². The summed E-state index contributed by atoms with van der Waals surface area (Å²) in [6, 6.07) is 23.2. The van der Waals surface area contributed by atoms with Crippen LogP contribution < -0.4 is 9.73 Å². The molecule has 0 radical (unpaired) electrons. The zero-order chi connectivity index (χ0) is 27.3. The van der Waals surface area contributed by atoms with Crippen LogP contribution in [0.15, 0.2) is 94.9 Å². The molecule has 0 unspecified atom stereocenters. The lowest BCUT2D eigenvalue weighted by atomic mass is 10.1. The van der Waals surface area contributed by atoms with Gasteiger partial charge in [-0.3, -0.25) is 9.10 Å². The monoisotopic (exact) mass is 532 g/mol. The molecule has 0 saturated heterocycles. The van der Waals surface area contributed by atoms with Crippen molar-refractivity contribution < 1.29 is 17.6 Å². The average molecular weight is 533 g/mol. The quantitative estimate of drug-likeness (QED) is 0.239. The Morgan fingerprint density at radius 2 is 1.66 bits per heavy atom. The highest BCUT2D eigenvalue weighted by Crippen LogP contribution is 2.27. The van der Waals surface area contributed by atoms with Crippen LogP contribution in [-0.4, -0.2) is 31.7 Å². The number of nitrogens with zero attached hydrogens (tertiary/aromatic N) is 3. The zero-order valence-electron chi connectivity index (χ0n) is 21.4. The highest BCUT2D eigenvalue weighted by molar-refractivity contribution is 7.92. The first-order valence-electron chi connectivity index (χ1n) is 12.1. The summed E-state index contributed by atoms with van der Waals surface area (Å²) in [5, 5.41) is 4.09. The lowest BCUT2D eigenvalue weighted by Crippen LogP contribution is -2.40. The fraction of sp³-hybridized carbons (Fsp3) is 0.172. The van der Waals surface area contributed by atoms with E-state index in [-0.39, 0.29) is 10.7 Å². The molecule has 1 N–H and O–H groups in total. The first kappa shape index (κ1) is 26.8. The normalized spacial score (nSPS) is 11.6. The smallest absolute Gasteiger partial charge is 0.264 e. The SMILES string of the molecule is CCc1ccccc1N(CC(=O)N/N=C\c1cc(C)n(-c2ccc(F)cc2)c1C)S(=O)(=O)c1ccccc1. The topological polar surface area (TPSA) is 83.8 Å². The number of rotatable bonds is 9. The summed E-state index contributed by atoms with van der Waals surface area (Å²) in [6.07, 6.45) is 2.11. The first-order chi connectivity index (χ1) is 18.2. The van der Waals surface area contributed by atoms with Crippen LogP contribution in [0.1, 0.15) is 29.4 Å². The third-order valence-electron chi connectivity index (χ3n) is 6.21. The van der Waals surface area contributed by atoms with E-state index in [1.54, 1.807) is 42.5 Å². The molecule has 7 nitrogen and oxygen atoms in total. The molecule has 0 spiro atoms. The Labute approximate surface area is 222 Å². The summed E-state index contributed by atoms with van der Waals surface area (Å²) in [6.45, 7) is 5.30. The molecule has 1 heterocycles. The van der Waals surface area contributed by atoms with Crippen molar-refractivity contribution in [1.29, 1.82) is 0 Å². The third kappa shape index (κ3) is 5.68. The molecule has 38 heavy (non-hydrogen) atoms. The van der Waals surface area contributed by atoms with E-state index in [1.165, 1.54) is 30.5 Å². The molecule has 1 amide bonds.